The van der Waals surface area contributed by atoms with E-state index in [2.05, 4.69) is 21.4 Å². The van der Waals surface area contributed by atoms with Crippen LogP contribution in [0.3, 0.4) is 0 Å². The van der Waals surface area contributed by atoms with Crippen LogP contribution in [0.2, 0.25) is 0 Å². The largest absolute Gasteiger partial charge is 0.342 e. The van der Waals surface area contributed by atoms with Crippen LogP contribution in [0.25, 0.3) is 0 Å². The minimum atomic E-state index is 0.354. The van der Waals surface area contributed by atoms with E-state index in [-0.39, 0.29) is 0 Å². The maximum Gasteiger partial charge on any atom is 0.225 e. The van der Waals surface area contributed by atoms with Crippen molar-refractivity contribution in [1.29, 1.82) is 0 Å². The number of aromatic nitrogens is 2. The summed E-state index contributed by atoms with van der Waals surface area (Å²) >= 11 is 0. The van der Waals surface area contributed by atoms with Gasteiger partial charge in [0.2, 0.25) is 5.91 Å². The van der Waals surface area contributed by atoms with Gasteiger partial charge in [0.25, 0.3) is 0 Å². The third-order valence-corrected chi connectivity index (χ3v) is 6.38. The number of imidazole rings is 1. The molecule has 0 N–H and O–H groups in total. The second-order valence-electron chi connectivity index (χ2n) is 7.89. The molecular formula is C19H29N3O. The lowest BCUT2D eigenvalue weighted by Gasteiger charge is -2.37. The highest BCUT2D eigenvalue weighted by molar-refractivity contribution is 5.79. The number of hydrogen-bond donors (Lipinski definition) is 0. The Morgan fingerprint density at radius 2 is 1.83 bits per heavy atom. The minimum Gasteiger partial charge on any atom is -0.342 e. The zero-order chi connectivity index (χ0) is 15.8. The molecule has 2 aliphatic carbocycles. The molecule has 4 nitrogen and oxygen atoms in total. The average molecular weight is 315 g/mol. The second kappa shape index (κ2) is 6.29. The molecule has 1 amide bonds. The van der Waals surface area contributed by atoms with Gasteiger partial charge in [0.15, 0.2) is 0 Å². The van der Waals surface area contributed by atoms with Crippen molar-refractivity contribution in [3.8, 4) is 0 Å². The van der Waals surface area contributed by atoms with E-state index in [0.29, 0.717) is 23.7 Å². The number of likely N-dealkylation sites (tertiary alicyclic amines) is 1. The first kappa shape index (κ1) is 15.2. The summed E-state index contributed by atoms with van der Waals surface area (Å²) < 4.78 is 2.47. The van der Waals surface area contributed by atoms with Crippen molar-refractivity contribution in [3.05, 3.63) is 17.7 Å². The maximum absolute atomic E-state index is 12.4. The zero-order valence-electron chi connectivity index (χ0n) is 14.3. The smallest absolute Gasteiger partial charge is 0.225 e. The Labute approximate surface area is 139 Å². The molecule has 2 saturated carbocycles. The highest BCUT2D eigenvalue weighted by Crippen LogP contribution is 2.36. The fourth-order valence-corrected chi connectivity index (χ4v) is 4.22. The number of amides is 1. The van der Waals surface area contributed by atoms with Crippen molar-refractivity contribution >= 4 is 5.91 Å². The van der Waals surface area contributed by atoms with Gasteiger partial charge in [-0.15, -0.1) is 0 Å². The molecule has 0 spiro atoms. The molecule has 3 fully saturated rings. The molecule has 0 unspecified atom stereocenters. The molecule has 3 aliphatic rings. The standard InChI is InChI=1S/C19H29N3O/c1-14-12-20-18(16-4-2-5-16)22(14)13-15-8-10-21(11-9-15)19(23)17-6-3-7-17/h12,15-17H,2-11,13H2,1H3. The fourth-order valence-electron chi connectivity index (χ4n) is 4.22. The van der Waals surface area contributed by atoms with Crippen molar-refractivity contribution < 1.29 is 4.79 Å². The number of piperidine rings is 1. The van der Waals surface area contributed by atoms with Gasteiger partial charge in [-0.1, -0.05) is 12.8 Å². The van der Waals surface area contributed by atoms with Gasteiger partial charge in [0.05, 0.1) is 0 Å². The molecule has 1 saturated heterocycles. The van der Waals surface area contributed by atoms with Crippen LogP contribution in [0.15, 0.2) is 6.20 Å². The van der Waals surface area contributed by atoms with Gasteiger partial charge in [-0.05, 0) is 51.4 Å². The molecular weight excluding hydrogens is 286 g/mol. The van der Waals surface area contributed by atoms with Crippen LogP contribution in [0.1, 0.15) is 68.8 Å². The summed E-state index contributed by atoms with van der Waals surface area (Å²) in [4.78, 5) is 19.2. The summed E-state index contributed by atoms with van der Waals surface area (Å²) in [6.45, 7) is 5.21. The first-order chi connectivity index (χ1) is 11.2. The molecule has 0 bridgehead atoms. The molecule has 0 radical (unpaired) electrons. The van der Waals surface area contributed by atoms with Crippen molar-refractivity contribution in [2.24, 2.45) is 11.8 Å². The van der Waals surface area contributed by atoms with Gasteiger partial charge in [0.1, 0.15) is 5.82 Å². The lowest BCUT2D eigenvalue weighted by Crippen LogP contribution is -2.44. The Bertz CT molecular complexity index is 563. The van der Waals surface area contributed by atoms with Crippen LogP contribution in [-0.4, -0.2) is 33.4 Å². The van der Waals surface area contributed by atoms with Gasteiger partial charge in [-0.3, -0.25) is 4.79 Å². The van der Waals surface area contributed by atoms with E-state index in [1.807, 2.05) is 6.20 Å². The van der Waals surface area contributed by atoms with Crippen molar-refractivity contribution in [1.82, 2.24) is 14.5 Å². The summed E-state index contributed by atoms with van der Waals surface area (Å²) in [6.07, 6.45) is 11.8. The maximum atomic E-state index is 12.4. The number of carbonyl (C=O) groups excluding carboxylic acids is 1. The van der Waals surface area contributed by atoms with E-state index < -0.39 is 0 Å². The Balaban J connectivity index is 1.34. The highest BCUT2D eigenvalue weighted by Gasteiger charge is 2.32. The predicted octanol–water partition coefficient (Wildman–Crippen LogP) is 3.50. The van der Waals surface area contributed by atoms with Crippen LogP contribution in [0, 0.1) is 18.8 Å². The normalized spacial score (nSPS) is 23.6. The second-order valence-corrected chi connectivity index (χ2v) is 7.89. The third-order valence-electron chi connectivity index (χ3n) is 6.38. The summed E-state index contributed by atoms with van der Waals surface area (Å²) in [7, 11) is 0. The summed E-state index contributed by atoms with van der Waals surface area (Å²) in [5.74, 6) is 3.51. The van der Waals surface area contributed by atoms with Crippen molar-refractivity contribution in [3.63, 3.8) is 0 Å². The average Bonchev–Trinajstić information content (AvgIpc) is 2.78. The van der Waals surface area contributed by atoms with E-state index in [1.54, 1.807) is 0 Å². The zero-order valence-corrected chi connectivity index (χ0v) is 14.3. The number of nitrogens with zero attached hydrogens (tertiary/aromatic N) is 3. The number of carbonyl (C=O) groups is 1. The summed E-state index contributed by atoms with van der Waals surface area (Å²) in [6, 6.07) is 0. The highest BCUT2D eigenvalue weighted by atomic mass is 16.2. The molecule has 1 aliphatic heterocycles. The van der Waals surface area contributed by atoms with Crippen LogP contribution < -0.4 is 0 Å². The van der Waals surface area contributed by atoms with Gasteiger partial charge < -0.3 is 9.47 Å². The molecule has 2 heterocycles. The van der Waals surface area contributed by atoms with Crippen LogP contribution in [-0.2, 0) is 11.3 Å². The first-order valence-corrected chi connectivity index (χ1v) is 9.53. The SMILES string of the molecule is Cc1cnc(C2CCC2)n1CC1CCN(C(=O)C2CCC2)CC1. The molecule has 0 aromatic carbocycles. The molecule has 23 heavy (non-hydrogen) atoms. The molecule has 1 aromatic heterocycles. The number of aryl methyl sites for hydroxylation is 1. The minimum absolute atomic E-state index is 0.354. The van der Waals surface area contributed by atoms with Gasteiger partial charge >= 0.3 is 0 Å². The van der Waals surface area contributed by atoms with Crippen LogP contribution in [0.5, 0.6) is 0 Å². The van der Waals surface area contributed by atoms with E-state index in [0.717, 1.165) is 45.3 Å². The first-order valence-electron chi connectivity index (χ1n) is 9.53. The quantitative estimate of drug-likeness (QED) is 0.853. The van der Waals surface area contributed by atoms with E-state index in [9.17, 15) is 4.79 Å². The summed E-state index contributed by atoms with van der Waals surface area (Å²) in [5.41, 5.74) is 1.31. The van der Waals surface area contributed by atoms with E-state index >= 15 is 0 Å². The topological polar surface area (TPSA) is 38.1 Å². The number of rotatable bonds is 4. The third kappa shape index (κ3) is 2.92. The Morgan fingerprint density at radius 3 is 2.39 bits per heavy atom. The Kier molecular flexibility index (Phi) is 4.16. The lowest BCUT2D eigenvalue weighted by atomic mass is 9.83. The Morgan fingerprint density at radius 1 is 1.13 bits per heavy atom. The van der Waals surface area contributed by atoms with Gasteiger partial charge in [0, 0.05) is 43.4 Å². The Hall–Kier alpha value is -1.32. The molecule has 4 rings (SSSR count). The molecule has 126 valence electrons. The van der Waals surface area contributed by atoms with Gasteiger partial charge in [-0.2, -0.15) is 0 Å². The monoisotopic (exact) mass is 315 g/mol. The van der Waals surface area contributed by atoms with Crippen LogP contribution >= 0.6 is 0 Å². The van der Waals surface area contributed by atoms with Crippen molar-refractivity contribution in [2.75, 3.05) is 13.1 Å². The van der Waals surface area contributed by atoms with Crippen LogP contribution in [0.4, 0.5) is 0 Å². The molecule has 0 atom stereocenters. The lowest BCUT2D eigenvalue weighted by molar-refractivity contribution is -0.139. The summed E-state index contributed by atoms with van der Waals surface area (Å²) in [5, 5.41) is 0. The molecule has 4 heteroatoms. The predicted molar refractivity (Wildman–Crippen MR) is 90.2 cm³/mol. The van der Waals surface area contributed by atoms with E-state index in [1.165, 1.54) is 37.2 Å². The number of hydrogen-bond acceptors (Lipinski definition) is 2. The van der Waals surface area contributed by atoms with Gasteiger partial charge in [-0.25, -0.2) is 4.98 Å². The molecule has 1 aromatic rings. The van der Waals surface area contributed by atoms with E-state index in [4.69, 9.17) is 0 Å². The fraction of sp³-hybridized carbons (Fsp3) is 0.789. The van der Waals surface area contributed by atoms with Crippen molar-refractivity contribution in [2.45, 2.75) is 70.8 Å².